The molecule has 4 fully saturated rings. The van der Waals surface area contributed by atoms with Crippen LogP contribution in [0.25, 0.3) is 21.5 Å². The van der Waals surface area contributed by atoms with E-state index in [0.29, 0.717) is 23.7 Å². The summed E-state index contributed by atoms with van der Waals surface area (Å²) in [5.41, 5.74) is 9.30. The molecule has 11 rings (SSSR count). The molecule has 6 nitrogen and oxygen atoms in total. The highest BCUT2D eigenvalue weighted by molar-refractivity contribution is 6.23. The molecular weight excluding hydrogens is 781 g/mol. The van der Waals surface area contributed by atoms with E-state index in [1.54, 1.807) is 0 Å². The van der Waals surface area contributed by atoms with Crippen LogP contribution in [0.5, 0.6) is 0 Å². The van der Waals surface area contributed by atoms with Gasteiger partial charge in [0, 0.05) is 79.4 Å². The fourth-order valence-electron chi connectivity index (χ4n) is 12.0. The van der Waals surface area contributed by atoms with Gasteiger partial charge in [0.25, 0.3) is 0 Å². The van der Waals surface area contributed by atoms with Gasteiger partial charge >= 0.3 is 0 Å². The van der Waals surface area contributed by atoms with Crippen molar-refractivity contribution in [1.82, 2.24) is 19.9 Å². The minimum atomic E-state index is 0.466. The van der Waals surface area contributed by atoms with Crippen LogP contribution >= 0.6 is 0 Å². The van der Waals surface area contributed by atoms with Crippen LogP contribution in [0.1, 0.15) is 175 Å². The zero-order chi connectivity index (χ0) is 42.7. The Morgan fingerprint density at radius 3 is 0.812 bits per heavy atom. The minimum absolute atomic E-state index is 0.466. The van der Waals surface area contributed by atoms with E-state index in [-0.39, 0.29) is 0 Å². The van der Waals surface area contributed by atoms with Crippen molar-refractivity contribution >= 4 is 56.2 Å². The molecule has 4 aliphatic carbocycles. The molecule has 2 heterocycles. The highest BCUT2D eigenvalue weighted by atomic mass is 15.3. The number of benzene rings is 5. The molecular formula is C58H64N6. The Labute approximate surface area is 380 Å². The predicted octanol–water partition coefficient (Wildman–Crippen LogP) is 16.7. The molecule has 4 saturated carbocycles. The summed E-state index contributed by atoms with van der Waals surface area (Å²) >= 11 is 0. The fourth-order valence-corrected chi connectivity index (χ4v) is 12.0. The van der Waals surface area contributed by atoms with Gasteiger partial charge < -0.3 is 0 Å². The average Bonchev–Trinajstić information content (AvgIpc) is 3.38. The van der Waals surface area contributed by atoms with Gasteiger partial charge in [0.05, 0.1) is 11.4 Å². The summed E-state index contributed by atoms with van der Waals surface area (Å²) in [7, 11) is 0. The van der Waals surface area contributed by atoms with Crippen molar-refractivity contribution in [3.63, 3.8) is 0 Å². The number of hydrogen-bond donors (Lipinski definition) is 0. The fraction of sp³-hybridized carbons (Fsp3) is 0.414. The van der Waals surface area contributed by atoms with Crippen LogP contribution in [0.15, 0.2) is 121 Å². The lowest BCUT2D eigenvalue weighted by Gasteiger charge is -2.33. The van der Waals surface area contributed by atoms with Crippen molar-refractivity contribution in [3.8, 4) is 0 Å². The summed E-state index contributed by atoms with van der Waals surface area (Å²) in [5, 5.41) is 4.62. The van der Waals surface area contributed by atoms with Crippen molar-refractivity contribution in [1.29, 1.82) is 0 Å². The predicted molar refractivity (Wildman–Crippen MR) is 265 cm³/mol. The Morgan fingerprint density at radius 1 is 0.297 bits per heavy atom. The smallest absolute Gasteiger partial charge is 0.235 e. The number of anilines is 6. The van der Waals surface area contributed by atoms with Crippen LogP contribution in [0.2, 0.25) is 0 Å². The first-order valence-electron chi connectivity index (χ1n) is 25.2. The quantitative estimate of drug-likeness (QED) is 0.101. The van der Waals surface area contributed by atoms with Crippen molar-refractivity contribution in [3.05, 3.63) is 144 Å². The monoisotopic (exact) mass is 845 g/mol. The van der Waals surface area contributed by atoms with Gasteiger partial charge in [0.15, 0.2) is 0 Å². The van der Waals surface area contributed by atoms with E-state index < -0.39 is 0 Å². The van der Waals surface area contributed by atoms with Gasteiger partial charge in [0.1, 0.15) is 0 Å². The SMILES string of the molecule is c1ccc(N(c2nc(C3CCCCC3)cc(C3CCCCC3)n2)c2c3ccccc3c(N(c3ccccc3)c3nc(C4CCCCC4)cc(C4CCCCC4)n3)c3ccccc23)cc1. The van der Waals surface area contributed by atoms with Gasteiger partial charge in [-0.25, -0.2) is 19.9 Å². The third-order valence-electron chi connectivity index (χ3n) is 15.4. The highest BCUT2D eigenvalue weighted by Crippen LogP contribution is 2.51. The Bertz CT molecular complexity index is 2360. The number of hydrogen-bond acceptors (Lipinski definition) is 6. The molecule has 0 saturated heterocycles. The summed E-state index contributed by atoms with van der Waals surface area (Å²) in [4.78, 5) is 27.5. The second kappa shape index (κ2) is 18.8. The highest BCUT2D eigenvalue weighted by Gasteiger charge is 2.31. The van der Waals surface area contributed by atoms with Crippen LogP contribution < -0.4 is 9.80 Å². The van der Waals surface area contributed by atoms with Crippen LogP contribution in [0.4, 0.5) is 34.6 Å². The summed E-state index contributed by atoms with van der Waals surface area (Å²) in [6.45, 7) is 0. The van der Waals surface area contributed by atoms with Crippen molar-refractivity contribution in [2.24, 2.45) is 0 Å². The van der Waals surface area contributed by atoms with Gasteiger partial charge in [-0.2, -0.15) is 0 Å². The number of fused-ring (bicyclic) bond motifs is 2. The third-order valence-corrected chi connectivity index (χ3v) is 15.4. The zero-order valence-electron chi connectivity index (χ0n) is 37.7. The van der Waals surface area contributed by atoms with E-state index in [4.69, 9.17) is 19.9 Å². The maximum absolute atomic E-state index is 5.66. The second-order valence-electron chi connectivity index (χ2n) is 19.5. The van der Waals surface area contributed by atoms with Gasteiger partial charge in [-0.15, -0.1) is 0 Å². The van der Waals surface area contributed by atoms with Gasteiger partial charge in [-0.1, -0.05) is 162 Å². The molecule has 64 heavy (non-hydrogen) atoms. The molecule has 0 aliphatic heterocycles. The molecule has 7 aromatic rings. The molecule has 0 N–H and O–H groups in total. The molecule has 0 spiro atoms. The van der Waals surface area contributed by atoms with E-state index in [1.165, 1.54) is 151 Å². The normalized spacial score (nSPS) is 18.4. The summed E-state index contributed by atoms with van der Waals surface area (Å²) in [5.74, 6) is 3.45. The largest absolute Gasteiger partial charge is 0.278 e. The first-order valence-corrected chi connectivity index (χ1v) is 25.2. The van der Waals surface area contributed by atoms with E-state index in [9.17, 15) is 0 Å². The summed E-state index contributed by atoms with van der Waals surface area (Å²) in [6, 6.07) is 44.7. The van der Waals surface area contributed by atoms with Gasteiger partial charge in [-0.05, 0) is 87.8 Å². The van der Waals surface area contributed by atoms with Crippen LogP contribution in [-0.2, 0) is 0 Å². The Morgan fingerprint density at radius 2 is 0.547 bits per heavy atom. The van der Waals surface area contributed by atoms with E-state index in [1.807, 2.05) is 0 Å². The molecule has 0 unspecified atom stereocenters. The third kappa shape index (κ3) is 8.30. The minimum Gasteiger partial charge on any atom is -0.278 e. The lowest BCUT2D eigenvalue weighted by Crippen LogP contribution is -2.21. The maximum Gasteiger partial charge on any atom is 0.235 e. The zero-order valence-corrected chi connectivity index (χ0v) is 37.7. The number of aromatic nitrogens is 4. The number of para-hydroxylation sites is 2. The molecule has 5 aromatic carbocycles. The Kier molecular flexibility index (Phi) is 12.1. The lowest BCUT2D eigenvalue weighted by atomic mass is 9.84. The Balaban J connectivity index is 1.17. The standard InChI is InChI=1S/C58H64N6/c1-7-23-41(24-8-1)51-39-52(42-25-9-2-10-26-42)60-57(59-51)63(45-31-15-5-16-32-45)55-47-35-19-21-37-49(47)56(50-38-22-20-36-48(50)55)64(46-33-17-6-18-34-46)58-61-53(43-27-11-3-12-28-43)40-54(62-58)44-29-13-4-14-30-44/h5-6,15-22,31-44H,1-4,7-14,23-30H2. The van der Waals surface area contributed by atoms with Crippen LogP contribution in [0.3, 0.4) is 0 Å². The van der Waals surface area contributed by atoms with Gasteiger partial charge in [-0.3, -0.25) is 9.80 Å². The molecule has 4 aliphatic rings. The second-order valence-corrected chi connectivity index (χ2v) is 19.5. The van der Waals surface area contributed by atoms with E-state index in [0.717, 1.165) is 56.2 Å². The molecule has 6 heteroatoms. The maximum atomic E-state index is 5.66. The average molecular weight is 845 g/mol. The molecule has 0 amide bonds. The summed E-state index contributed by atoms with van der Waals surface area (Å²) < 4.78 is 0. The van der Waals surface area contributed by atoms with Crippen molar-refractivity contribution in [2.75, 3.05) is 9.80 Å². The van der Waals surface area contributed by atoms with Gasteiger partial charge in [0.2, 0.25) is 11.9 Å². The van der Waals surface area contributed by atoms with E-state index in [2.05, 4.69) is 131 Å². The summed E-state index contributed by atoms with van der Waals surface area (Å²) in [6.07, 6.45) is 25.1. The molecule has 0 radical (unpaired) electrons. The first-order chi connectivity index (χ1) is 31.8. The van der Waals surface area contributed by atoms with Crippen LogP contribution in [-0.4, -0.2) is 19.9 Å². The molecule has 326 valence electrons. The molecule has 2 aromatic heterocycles. The first kappa shape index (κ1) is 41.1. The number of nitrogens with zero attached hydrogens (tertiary/aromatic N) is 6. The van der Waals surface area contributed by atoms with Crippen molar-refractivity contribution in [2.45, 2.75) is 152 Å². The van der Waals surface area contributed by atoms with E-state index >= 15 is 0 Å². The van der Waals surface area contributed by atoms with Crippen LogP contribution in [0, 0.1) is 0 Å². The topological polar surface area (TPSA) is 58.0 Å². The molecule has 0 bridgehead atoms. The Hall–Kier alpha value is -5.62. The van der Waals surface area contributed by atoms with Crippen molar-refractivity contribution < 1.29 is 0 Å². The molecule has 0 atom stereocenters. The number of rotatable bonds is 10. The lowest BCUT2D eigenvalue weighted by molar-refractivity contribution is 0.425.